The van der Waals surface area contributed by atoms with Crippen LogP contribution in [0.5, 0.6) is 0 Å². The topological polar surface area (TPSA) is 68.3 Å². The van der Waals surface area contributed by atoms with Crippen molar-refractivity contribution in [2.45, 2.75) is 57.1 Å². The van der Waals surface area contributed by atoms with Gasteiger partial charge in [0.15, 0.2) is 0 Å². The number of hydrogen-bond donors (Lipinski definition) is 1. The zero-order valence-corrected chi connectivity index (χ0v) is 13.5. The summed E-state index contributed by atoms with van der Waals surface area (Å²) >= 11 is 0. The molecule has 1 fully saturated rings. The van der Waals surface area contributed by atoms with E-state index in [1.807, 2.05) is 25.3 Å². The summed E-state index contributed by atoms with van der Waals surface area (Å²) < 4.78 is 28.8. The summed E-state index contributed by atoms with van der Waals surface area (Å²) in [5, 5.41) is 0. The van der Waals surface area contributed by atoms with Crippen LogP contribution in [0.4, 0.5) is 0 Å². The van der Waals surface area contributed by atoms with Gasteiger partial charge < -0.3 is 10.3 Å². The van der Waals surface area contributed by atoms with Gasteiger partial charge in [0, 0.05) is 37.6 Å². The highest BCUT2D eigenvalue weighted by Gasteiger charge is 2.36. The standard InChI is InChI=1S/C14H25N3O2S/c1-10(2)17-9-14(7-13(17)8-15)20(18,19)16(4)11(3)12-5-6-12/h7,9-12H,5-6,8,15H2,1-4H3. The average molecular weight is 299 g/mol. The second-order valence-electron chi connectivity index (χ2n) is 5.97. The first-order valence-corrected chi connectivity index (χ1v) is 8.62. The van der Waals surface area contributed by atoms with Crippen LogP contribution in [0, 0.1) is 5.92 Å². The Morgan fingerprint density at radius 2 is 2.00 bits per heavy atom. The number of rotatable bonds is 6. The minimum absolute atomic E-state index is 0.0590. The lowest BCUT2D eigenvalue weighted by atomic mass is 10.2. The van der Waals surface area contributed by atoms with E-state index < -0.39 is 10.0 Å². The van der Waals surface area contributed by atoms with Crippen molar-refractivity contribution in [3.63, 3.8) is 0 Å². The summed E-state index contributed by atoms with van der Waals surface area (Å²) in [6.07, 6.45) is 3.96. The fourth-order valence-electron chi connectivity index (χ4n) is 2.54. The van der Waals surface area contributed by atoms with Crippen LogP contribution in [0.25, 0.3) is 0 Å². The predicted octanol–water partition coefficient (Wildman–Crippen LogP) is 1.95. The zero-order chi connectivity index (χ0) is 15.1. The fourth-order valence-corrected chi connectivity index (χ4v) is 4.02. The molecular formula is C14H25N3O2S. The lowest BCUT2D eigenvalue weighted by molar-refractivity contribution is 0.357. The van der Waals surface area contributed by atoms with Crippen molar-refractivity contribution in [3.8, 4) is 0 Å². The van der Waals surface area contributed by atoms with E-state index in [1.165, 1.54) is 4.31 Å². The zero-order valence-electron chi connectivity index (χ0n) is 12.7. The van der Waals surface area contributed by atoms with E-state index in [-0.39, 0.29) is 12.1 Å². The first-order valence-electron chi connectivity index (χ1n) is 7.18. The molecule has 1 aliphatic rings. The highest BCUT2D eigenvalue weighted by atomic mass is 32.2. The molecule has 0 bridgehead atoms. The number of aromatic nitrogens is 1. The first kappa shape index (κ1) is 15.5. The van der Waals surface area contributed by atoms with Crippen LogP contribution in [0.15, 0.2) is 17.2 Å². The van der Waals surface area contributed by atoms with Crippen molar-refractivity contribution >= 4 is 10.0 Å². The fraction of sp³-hybridized carbons (Fsp3) is 0.714. The second-order valence-corrected chi connectivity index (χ2v) is 7.97. The van der Waals surface area contributed by atoms with Crippen molar-refractivity contribution < 1.29 is 8.42 Å². The molecule has 5 nitrogen and oxygen atoms in total. The lowest BCUT2D eigenvalue weighted by Gasteiger charge is -2.23. The number of sulfonamides is 1. The number of nitrogens with two attached hydrogens (primary N) is 1. The van der Waals surface area contributed by atoms with E-state index in [0.29, 0.717) is 17.4 Å². The Morgan fingerprint density at radius 3 is 2.40 bits per heavy atom. The summed E-state index contributed by atoms with van der Waals surface area (Å²) in [6, 6.07) is 1.96. The van der Waals surface area contributed by atoms with E-state index in [4.69, 9.17) is 5.73 Å². The monoisotopic (exact) mass is 299 g/mol. The third-order valence-corrected chi connectivity index (χ3v) is 6.14. The molecule has 1 saturated carbocycles. The average Bonchev–Trinajstić information content (AvgIpc) is 3.14. The van der Waals surface area contributed by atoms with Crippen molar-refractivity contribution in [2.24, 2.45) is 11.7 Å². The summed E-state index contributed by atoms with van der Waals surface area (Å²) in [5.74, 6) is 0.510. The Morgan fingerprint density at radius 1 is 1.40 bits per heavy atom. The van der Waals surface area contributed by atoms with Gasteiger partial charge in [0.1, 0.15) is 4.90 Å². The summed E-state index contributed by atoms with van der Waals surface area (Å²) in [7, 11) is -1.76. The number of hydrogen-bond acceptors (Lipinski definition) is 3. The van der Waals surface area contributed by atoms with Gasteiger partial charge in [-0.15, -0.1) is 0 Å². The Balaban J connectivity index is 2.33. The van der Waals surface area contributed by atoms with Crippen molar-refractivity contribution in [1.29, 1.82) is 0 Å². The number of nitrogens with zero attached hydrogens (tertiary/aromatic N) is 2. The normalized spacial score (nSPS) is 17.9. The van der Waals surface area contributed by atoms with Crippen LogP contribution in [0.1, 0.15) is 45.3 Å². The molecule has 2 N–H and O–H groups in total. The van der Waals surface area contributed by atoms with Crippen molar-refractivity contribution in [1.82, 2.24) is 8.87 Å². The summed E-state index contributed by atoms with van der Waals surface area (Å²) in [4.78, 5) is 0.349. The maximum atomic E-state index is 12.7. The van der Waals surface area contributed by atoms with Crippen molar-refractivity contribution in [3.05, 3.63) is 18.0 Å². The molecule has 0 aliphatic heterocycles. The van der Waals surface area contributed by atoms with Gasteiger partial charge in [0.25, 0.3) is 0 Å². The lowest BCUT2D eigenvalue weighted by Crippen LogP contribution is -2.36. The summed E-state index contributed by atoms with van der Waals surface area (Å²) in [6.45, 7) is 6.37. The maximum Gasteiger partial charge on any atom is 0.244 e. The molecule has 6 heteroatoms. The molecule has 1 aromatic rings. The van der Waals surface area contributed by atoms with Gasteiger partial charge in [-0.2, -0.15) is 4.31 Å². The van der Waals surface area contributed by atoms with Crippen LogP contribution in [-0.2, 0) is 16.6 Å². The second kappa shape index (κ2) is 5.50. The Kier molecular flexibility index (Phi) is 4.27. The predicted molar refractivity (Wildman–Crippen MR) is 79.8 cm³/mol. The largest absolute Gasteiger partial charge is 0.346 e. The minimum atomic E-state index is -3.43. The molecule has 0 spiro atoms. The molecule has 0 amide bonds. The molecule has 0 aromatic carbocycles. The van der Waals surface area contributed by atoms with Gasteiger partial charge in [0.05, 0.1) is 0 Å². The van der Waals surface area contributed by atoms with Gasteiger partial charge in [-0.05, 0) is 45.6 Å². The third kappa shape index (κ3) is 2.77. The molecule has 0 radical (unpaired) electrons. The van der Waals surface area contributed by atoms with Gasteiger partial charge in [-0.25, -0.2) is 8.42 Å². The molecule has 1 heterocycles. The Bertz CT molecular complexity index is 573. The molecule has 1 atom stereocenters. The van der Waals surface area contributed by atoms with Crippen molar-refractivity contribution in [2.75, 3.05) is 7.05 Å². The molecule has 1 aromatic heterocycles. The smallest absolute Gasteiger partial charge is 0.244 e. The van der Waals surface area contributed by atoms with Crippen LogP contribution in [0.2, 0.25) is 0 Å². The van der Waals surface area contributed by atoms with E-state index in [9.17, 15) is 8.42 Å². The van der Waals surface area contributed by atoms with Gasteiger partial charge in [-0.3, -0.25) is 0 Å². The molecular weight excluding hydrogens is 274 g/mol. The Hall–Kier alpha value is -0.850. The van der Waals surface area contributed by atoms with Gasteiger partial charge in [0.2, 0.25) is 10.0 Å². The molecule has 20 heavy (non-hydrogen) atoms. The molecule has 2 rings (SSSR count). The highest BCUT2D eigenvalue weighted by molar-refractivity contribution is 7.89. The van der Waals surface area contributed by atoms with E-state index in [0.717, 1.165) is 18.5 Å². The van der Waals surface area contributed by atoms with Crippen LogP contribution in [0.3, 0.4) is 0 Å². The quantitative estimate of drug-likeness (QED) is 0.873. The van der Waals surface area contributed by atoms with Crippen LogP contribution >= 0.6 is 0 Å². The van der Waals surface area contributed by atoms with Crippen LogP contribution < -0.4 is 5.73 Å². The highest BCUT2D eigenvalue weighted by Crippen LogP contribution is 2.36. The van der Waals surface area contributed by atoms with Crippen LogP contribution in [-0.4, -0.2) is 30.4 Å². The van der Waals surface area contributed by atoms with E-state index >= 15 is 0 Å². The van der Waals surface area contributed by atoms with E-state index in [2.05, 4.69) is 0 Å². The molecule has 0 saturated heterocycles. The first-order chi connectivity index (χ1) is 9.28. The Labute approximate surface area is 121 Å². The molecule has 114 valence electrons. The maximum absolute atomic E-state index is 12.7. The third-order valence-electron chi connectivity index (χ3n) is 4.23. The van der Waals surface area contributed by atoms with Gasteiger partial charge in [-0.1, -0.05) is 0 Å². The summed E-state index contributed by atoms with van der Waals surface area (Å²) in [5.41, 5.74) is 6.56. The van der Waals surface area contributed by atoms with Gasteiger partial charge >= 0.3 is 0 Å². The molecule has 1 unspecified atom stereocenters. The van der Waals surface area contributed by atoms with E-state index in [1.54, 1.807) is 19.3 Å². The SMILES string of the molecule is CC(C1CC1)N(C)S(=O)(=O)c1cc(CN)n(C(C)C)c1. The molecule has 1 aliphatic carbocycles. The minimum Gasteiger partial charge on any atom is -0.346 e.